The summed E-state index contributed by atoms with van der Waals surface area (Å²) in [6, 6.07) is 9.16. The lowest BCUT2D eigenvalue weighted by Crippen LogP contribution is -2.16. The fourth-order valence-electron chi connectivity index (χ4n) is 2.50. The molecule has 2 N–H and O–H groups in total. The molecule has 0 aliphatic rings. The number of benzene rings is 2. The van der Waals surface area contributed by atoms with Gasteiger partial charge in [-0.2, -0.15) is 5.10 Å². The molecule has 0 aliphatic heterocycles. The monoisotopic (exact) mass is 502 g/mol. The second-order valence-corrected chi connectivity index (χ2v) is 7.93. The largest absolute Gasteiger partial charge is 0.493 e. The second kappa shape index (κ2) is 9.17. The molecule has 0 fully saturated rings. The summed E-state index contributed by atoms with van der Waals surface area (Å²) in [7, 11) is 1.60. The third-order valence-electron chi connectivity index (χ3n) is 3.98. The number of rotatable bonds is 7. The van der Waals surface area contributed by atoms with E-state index in [1.54, 1.807) is 23.9 Å². The van der Waals surface area contributed by atoms with Crippen molar-refractivity contribution in [3.8, 4) is 11.5 Å². The Morgan fingerprint density at radius 1 is 1.21 bits per heavy atom. The molecule has 6 nitrogen and oxygen atoms in total. The molecular formula is C18H17BrCl2N4O2S. The van der Waals surface area contributed by atoms with Crippen molar-refractivity contribution in [1.29, 1.82) is 0 Å². The van der Waals surface area contributed by atoms with Gasteiger partial charge in [-0.25, -0.2) is 4.68 Å². The molecule has 28 heavy (non-hydrogen) atoms. The summed E-state index contributed by atoms with van der Waals surface area (Å²) in [6.07, 6.45) is 0. The lowest BCUT2D eigenvalue weighted by atomic mass is 10.2. The summed E-state index contributed by atoms with van der Waals surface area (Å²) in [5.41, 5.74) is 5.10. The van der Waals surface area contributed by atoms with E-state index in [4.69, 9.17) is 44.9 Å². The molecular weight excluding hydrogens is 487 g/mol. The first-order valence-corrected chi connectivity index (χ1v) is 10.2. The molecule has 0 saturated heterocycles. The molecule has 0 saturated carbocycles. The Morgan fingerprint density at radius 3 is 2.64 bits per heavy atom. The van der Waals surface area contributed by atoms with Gasteiger partial charge in [0.1, 0.15) is 12.4 Å². The zero-order valence-corrected chi connectivity index (χ0v) is 19.0. The average Bonchev–Trinajstić information content (AvgIpc) is 2.99. The molecule has 0 aliphatic carbocycles. The number of methoxy groups -OCH3 is 1. The Labute approximate surface area is 185 Å². The normalized spacial score (nSPS) is 10.8. The molecule has 148 valence electrons. The Kier molecular flexibility index (Phi) is 6.87. The zero-order valence-electron chi connectivity index (χ0n) is 15.1. The molecule has 0 spiro atoms. The Morgan fingerprint density at radius 2 is 2.00 bits per heavy atom. The van der Waals surface area contributed by atoms with E-state index < -0.39 is 0 Å². The van der Waals surface area contributed by atoms with Gasteiger partial charge in [-0.05, 0) is 54.5 Å². The number of aromatic amines is 1. The van der Waals surface area contributed by atoms with Crippen LogP contribution in [0.3, 0.4) is 0 Å². The first kappa shape index (κ1) is 21.0. The van der Waals surface area contributed by atoms with Crippen LogP contribution in [0.25, 0.3) is 0 Å². The first-order chi connectivity index (χ1) is 13.4. The van der Waals surface area contributed by atoms with E-state index in [-0.39, 0.29) is 0 Å². The number of aryl methyl sites for hydroxylation is 1. The molecule has 0 bridgehead atoms. The van der Waals surface area contributed by atoms with Crippen LogP contribution in [0.4, 0.5) is 0 Å². The van der Waals surface area contributed by atoms with Gasteiger partial charge in [0.25, 0.3) is 0 Å². The Balaban J connectivity index is 1.75. The molecule has 0 atom stereocenters. The molecule has 3 aromatic rings. The minimum atomic E-state index is 0.334. The molecule has 0 amide bonds. The molecule has 1 heterocycles. The number of hydrogen-bond acceptors (Lipinski definition) is 5. The van der Waals surface area contributed by atoms with E-state index in [0.29, 0.717) is 39.5 Å². The summed E-state index contributed by atoms with van der Waals surface area (Å²) < 4.78 is 14.5. The maximum atomic E-state index is 6.06. The van der Waals surface area contributed by atoms with Crippen molar-refractivity contribution in [2.24, 2.45) is 0 Å². The number of nitrogens with one attached hydrogen (secondary N) is 2. The van der Waals surface area contributed by atoms with Crippen LogP contribution in [-0.2, 0) is 13.2 Å². The third-order valence-corrected chi connectivity index (χ3v) is 5.73. The Hall–Kier alpha value is -1.74. The van der Waals surface area contributed by atoms with E-state index in [2.05, 4.69) is 31.6 Å². The summed E-state index contributed by atoms with van der Waals surface area (Å²) >= 11 is 20.8. The minimum absolute atomic E-state index is 0.334. The number of hydrogen-bond donors (Lipinski definition) is 2. The Bertz CT molecular complexity index is 1050. The van der Waals surface area contributed by atoms with Crippen LogP contribution in [0, 0.1) is 11.7 Å². The van der Waals surface area contributed by atoms with Crippen LogP contribution < -0.4 is 14.9 Å². The molecule has 0 radical (unpaired) electrons. The summed E-state index contributed by atoms with van der Waals surface area (Å²) in [5.74, 6) is 1.97. The topological polar surface area (TPSA) is 64.1 Å². The fraction of sp³-hybridized carbons (Fsp3) is 0.222. The van der Waals surface area contributed by atoms with Crippen molar-refractivity contribution < 1.29 is 9.47 Å². The highest BCUT2D eigenvalue weighted by atomic mass is 79.9. The van der Waals surface area contributed by atoms with E-state index in [9.17, 15) is 0 Å². The molecule has 0 unspecified atom stereocenters. The standard InChI is InChI=1S/C18H17BrCl2N4O2S/c1-10-23-24-18(28)25(10)22-8-12-6-16(26-2)17(7-13(12)19)27-9-11-3-4-14(20)15(21)5-11/h3-7,22H,8-9H2,1-2H3,(H,24,28). The SMILES string of the molecule is COc1cc(CNn2c(C)n[nH]c2=S)c(Br)cc1OCc1ccc(Cl)c(Cl)c1. The number of ether oxygens (including phenoxy) is 2. The summed E-state index contributed by atoms with van der Waals surface area (Å²) in [5, 5.41) is 7.81. The number of aromatic nitrogens is 3. The first-order valence-electron chi connectivity index (χ1n) is 8.20. The van der Waals surface area contributed by atoms with Gasteiger partial charge >= 0.3 is 0 Å². The van der Waals surface area contributed by atoms with Gasteiger partial charge in [0.15, 0.2) is 11.5 Å². The molecule has 10 heteroatoms. The number of H-pyrrole nitrogens is 1. The third kappa shape index (κ3) is 4.81. The van der Waals surface area contributed by atoms with Crippen molar-refractivity contribution in [3.05, 3.63) is 66.6 Å². The number of halogens is 3. The van der Waals surface area contributed by atoms with Crippen LogP contribution in [-0.4, -0.2) is 22.0 Å². The van der Waals surface area contributed by atoms with Crippen molar-refractivity contribution in [2.45, 2.75) is 20.1 Å². The highest BCUT2D eigenvalue weighted by Crippen LogP contribution is 2.34. The fourth-order valence-corrected chi connectivity index (χ4v) is 3.53. The predicted molar refractivity (Wildman–Crippen MR) is 117 cm³/mol. The van der Waals surface area contributed by atoms with Gasteiger partial charge in [0.05, 0.1) is 23.7 Å². The van der Waals surface area contributed by atoms with Crippen LogP contribution in [0.15, 0.2) is 34.8 Å². The maximum absolute atomic E-state index is 6.06. The van der Waals surface area contributed by atoms with Crippen LogP contribution in [0.5, 0.6) is 11.5 Å². The highest BCUT2D eigenvalue weighted by molar-refractivity contribution is 9.10. The van der Waals surface area contributed by atoms with Gasteiger partial charge in [0.2, 0.25) is 4.77 Å². The van der Waals surface area contributed by atoms with Gasteiger partial charge in [-0.1, -0.05) is 45.2 Å². The van der Waals surface area contributed by atoms with Crippen molar-refractivity contribution in [1.82, 2.24) is 14.9 Å². The minimum Gasteiger partial charge on any atom is -0.493 e. The van der Waals surface area contributed by atoms with Crippen molar-refractivity contribution in [2.75, 3.05) is 12.5 Å². The van der Waals surface area contributed by atoms with Gasteiger partial charge in [0, 0.05) is 4.47 Å². The lowest BCUT2D eigenvalue weighted by molar-refractivity contribution is 0.284. The van der Waals surface area contributed by atoms with Crippen molar-refractivity contribution >= 4 is 51.3 Å². The van der Waals surface area contributed by atoms with Crippen LogP contribution >= 0.6 is 51.3 Å². The van der Waals surface area contributed by atoms with Gasteiger partial charge < -0.3 is 14.9 Å². The molecule has 3 rings (SSSR count). The van der Waals surface area contributed by atoms with E-state index in [0.717, 1.165) is 21.4 Å². The van der Waals surface area contributed by atoms with E-state index >= 15 is 0 Å². The van der Waals surface area contributed by atoms with Crippen LogP contribution in [0.2, 0.25) is 10.0 Å². The summed E-state index contributed by atoms with van der Waals surface area (Å²) in [4.78, 5) is 0. The number of nitrogens with zero attached hydrogens (tertiary/aromatic N) is 2. The van der Waals surface area contributed by atoms with E-state index in [1.165, 1.54) is 0 Å². The summed E-state index contributed by atoms with van der Waals surface area (Å²) in [6.45, 7) is 2.70. The smallest absolute Gasteiger partial charge is 0.214 e. The average molecular weight is 504 g/mol. The van der Waals surface area contributed by atoms with Crippen molar-refractivity contribution in [3.63, 3.8) is 0 Å². The zero-order chi connectivity index (χ0) is 20.3. The molecule has 2 aromatic carbocycles. The second-order valence-electron chi connectivity index (χ2n) is 5.88. The lowest BCUT2D eigenvalue weighted by Gasteiger charge is -2.15. The van der Waals surface area contributed by atoms with Crippen LogP contribution in [0.1, 0.15) is 17.0 Å². The predicted octanol–water partition coefficient (Wildman–Crippen LogP) is 5.65. The highest BCUT2D eigenvalue weighted by Gasteiger charge is 2.12. The van der Waals surface area contributed by atoms with Gasteiger partial charge in [-0.15, -0.1) is 0 Å². The quantitative estimate of drug-likeness (QED) is 0.408. The van der Waals surface area contributed by atoms with E-state index in [1.807, 2.05) is 25.1 Å². The maximum Gasteiger partial charge on any atom is 0.214 e. The molecule has 1 aromatic heterocycles. The van der Waals surface area contributed by atoms with Gasteiger partial charge in [-0.3, -0.25) is 5.10 Å².